The number of likely N-dealkylation sites (tertiary alicyclic amines) is 1. The number of fused-ring (bicyclic) bond motifs is 1. The average Bonchev–Trinajstić information content (AvgIpc) is 3.12. The Labute approximate surface area is 145 Å². The first-order valence-corrected chi connectivity index (χ1v) is 9.51. The summed E-state index contributed by atoms with van der Waals surface area (Å²) in [6.45, 7) is 6.09. The van der Waals surface area contributed by atoms with Crippen LogP contribution in [-0.4, -0.2) is 43.1 Å². The summed E-state index contributed by atoms with van der Waals surface area (Å²) in [5.41, 5.74) is 2.69. The Morgan fingerprint density at radius 2 is 2.00 bits per heavy atom. The van der Waals surface area contributed by atoms with Crippen LogP contribution in [0.15, 0.2) is 18.2 Å². The van der Waals surface area contributed by atoms with Gasteiger partial charge in [-0.3, -0.25) is 4.79 Å². The molecule has 0 spiro atoms. The highest BCUT2D eigenvalue weighted by Gasteiger charge is 2.19. The molecule has 0 unspecified atom stereocenters. The number of nitrogens with one attached hydrogen (secondary N) is 1. The second-order valence-electron chi connectivity index (χ2n) is 7.05. The van der Waals surface area contributed by atoms with Gasteiger partial charge < -0.3 is 15.0 Å². The molecule has 2 aliphatic rings. The standard InChI is InChI=1S/C20H30N2O2/c1-16(20(23)21-12-7-15-22-13-4-5-14-22)24-19-11-6-9-17-8-2-3-10-18(17)19/h6,9,11,16H,2-5,7-8,10,12-15H2,1H3,(H,21,23)/t16-/m1/s1. The molecule has 3 rings (SSSR count). The van der Waals surface area contributed by atoms with Crippen molar-refractivity contribution in [1.29, 1.82) is 0 Å². The highest BCUT2D eigenvalue weighted by Crippen LogP contribution is 2.30. The second kappa shape index (κ2) is 8.52. The number of carbonyl (C=O) groups excluding carboxylic acids is 1. The number of carbonyl (C=O) groups is 1. The van der Waals surface area contributed by atoms with Gasteiger partial charge >= 0.3 is 0 Å². The highest BCUT2D eigenvalue weighted by molar-refractivity contribution is 5.80. The van der Waals surface area contributed by atoms with Crippen molar-refractivity contribution in [2.45, 2.75) is 58.0 Å². The van der Waals surface area contributed by atoms with Crippen molar-refractivity contribution in [3.8, 4) is 5.75 Å². The lowest BCUT2D eigenvalue weighted by Crippen LogP contribution is -2.38. The van der Waals surface area contributed by atoms with Gasteiger partial charge in [-0.15, -0.1) is 0 Å². The maximum Gasteiger partial charge on any atom is 0.260 e. The van der Waals surface area contributed by atoms with E-state index in [0.717, 1.165) is 38.1 Å². The number of hydrogen-bond acceptors (Lipinski definition) is 3. The Morgan fingerprint density at radius 3 is 2.83 bits per heavy atom. The van der Waals surface area contributed by atoms with E-state index >= 15 is 0 Å². The Balaban J connectivity index is 1.44. The lowest BCUT2D eigenvalue weighted by molar-refractivity contribution is -0.127. The number of rotatable bonds is 7. The third-order valence-corrected chi connectivity index (χ3v) is 5.17. The summed E-state index contributed by atoms with van der Waals surface area (Å²) in [5, 5.41) is 3.02. The quantitative estimate of drug-likeness (QED) is 0.782. The highest BCUT2D eigenvalue weighted by atomic mass is 16.5. The van der Waals surface area contributed by atoms with Crippen LogP contribution in [-0.2, 0) is 17.6 Å². The topological polar surface area (TPSA) is 41.6 Å². The van der Waals surface area contributed by atoms with E-state index in [4.69, 9.17) is 4.74 Å². The molecule has 0 bridgehead atoms. The van der Waals surface area contributed by atoms with Crippen molar-refractivity contribution < 1.29 is 9.53 Å². The van der Waals surface area contributed by atoms with Crippen molar-refractivity contribution in [2.24, 2.45) is 0 Å². The van der Waals surface area contributed by atoms with Gasteiger partial charge in [0, 0.05) is 6.54 Å². The van der Waals surface area contributed by atoms with E-state index in [2.05, 4.69) is 16.3 Å². The first kappa shape index (κ1) is 17.3. The molecule has 1 saturated heterocycles. The van der Waals surface area contributed by atoms with Crippen LogP contribution >= 0.6 is 0 Å². The molecule has 4 heteroatoms. The van der Waals surface area contributed by atoms with E-state index < -0.39 is 6.10 Å². The van der Waals surface area contributed by atoms with Crippen molar-refractivity contribution >= 4 is 5.91 Å². The van der Waals surface area contributed by atoms with E-state index in [1.807, 2.05) is 19.1 Å². The maximum absolute atomic E-state index is 12.3. The van der Waals surface area contributed by atoms with E-state index in [1.54, 1.807) is 0 Å². The van der Waals surface area contributed by atoms with Crippen LogP contribution in [0.3, 0.4) is 0 Å². The summed E-state index contributed by atoms with van der Waals surface area (Å²) in [6, 6.07) is 6.23. The third kappa shape index (κ3) is 4.50. The molecule has 1 fully saturated rings. The van der Waals surface area contributed by atoms with Gasteiger partial charge in [0.05, 0.1) is 0 Å². The Hall–Kier alpha value is -1.55. The SMILES string of the molecule is C[C@@H](Oc1cccc2c1CCCC2)C(=O)NCCCN1CCCC1. The molecule has 0 aromatic heterocycles. The van der Waals surface area contributed by atoms with E-state index in [-0.39, 0.29) is 5.91 Å². The molecule has 0 saturated carbocycles. The van der Waals surface area contributed by atoms with Crippen LogP contribution in [0.4, 0.5) is 0 Å². The number of amides is 1. The Morgan fingerprint density at radius 1 is 1.21 bits per heavy atom. The molecule has 4 nitrogen and oxygen atoms in total. The molecule has 1 N–H and O–H groups in total. The summed E-state index contributed by atoms with van der Waals surface area (Å²) < 4.78 is 5.98. The van der Waals surface area contributed by atoms with Gasteiger partial charge in [0.15, 0.2) is 6.10 Å². The zero-order chi connectivity index (χ0) is 16.8. The monoisotopic (exact) mass is 330 g/mol. The minimum absolute atomic E-state index is 0.00941. The first-order chi connectivity index (χ1) is 11.7. The van der Waals surface area contributed by atoms with Crippen molar-refractivity contribution in [3.05, 3.63) is 29.3 Å². The van der Waals surface area contributed by atoms with Crippen LogP contribution in [0.2, 0.25) is 0 Å². The van der Waals surface area contributed by atoms with Crippen molar-refractivity contribution in [1.82, 2.24) is 10.2 Å². The molecular weight excluding hydrogens is 300 g/mol. The van der Waals surface area contributed by atoms with Crippen LogP contribution in [0, 0.1) is 0 Å². The van der Waals surface area contributed by atoms with Gasteiger partial charge in [-0.2, -0.15) is 0 Å². The number of benzene rings is 1. The fourth-order valence-corrected chi connectivity index (χ4v) is 3.76. The van der Waals surface area contributed by atoms with E-state index in [0.29, 0.717) is 0 Å². The number of ether oxygens (including phenoxy) is 1. The molecule has 24 heavy (non-hydrogen) atoms. The van der Waals surface area contributed by atoms with Gasteiger partial charge in [0.1, 0.15) is 5.75 Å². The predicted octanol–water partition coefficient (Wildman–Crippen LogP) is 2.93. The molecule has 1 aromatic carbocycles. The van der Waals surface area contributed by atoms with Gasteiger partial charge in [0.2, 0.25) is 0 Å². The number of aryl methyl sites for hydroxylation is 1. The molecule has 1 amide bonds. The lowest BCUT2D eigenvalue weighted by atomic mass is 9.91. The van der Waals surface area contributed by atoms with Gasteiger partial charge in [-0.25, -0.2) is 0 Å². The Bertz CT molecular complexity index is 553. The first-order valence-electron chi connectivity index (χ1n) is 9.51. The Kier molecular flexibility index (Phi) is 6.13. The predicted molar refractivity (Wildman–Crippen MR) is 96.5 cm³/mol. The van der Waals surface area contributed by atoms with Gasteiger partial charge in [-0.05, 0) is 88.7 Å². The normalized spacial score (nSPS) is 18.9. The minimum Gasteiger partial charge on any atom is -0.481 e. The van der Waals surface area contributed by atoms with Crippen molar-refractivity contribution in [3.63, 3.8) is 0 Å². The molecule has 1 heterocycles. The van der Waals surface area contributed by atoms with Crippen LogP contribution in [0.25, 0.3) is 0 Å². The second-order valence-corrected chi connectivity index (χ2v) is 7.05. The van der Waals surface area contributed by atoms with Crippen LogP contribution in [0.1, 0.15) is 50.2 Å². The largest absolute Gasteiger partial charge is 0.481 e. The molecule has 132 valence electrons. The van der Waals surface area contributed by atoms with Crippen LogP contribution < -0.4 is 10.1 Å². The van der Waals surface area contributed by atoms with E-state index in [9.17, 15) is 4.79 Å². The van der Waals surface area contributed by atoms with Crippen LogP contribution in [0.5, 0.6) is 5.75 Å². The molecule has 1 aromatic rings. The summed E-state index contributed by atoms with van der Waals surface area (Å²) >= 11 is 0. The fourth-order valence-electron chi connectivity index (χ4n) is 3.76. The summed E-state index contributed by atoms with van der Waals surface area (Å²) in [5.74, 6) is 0.886. The summed E-state index contributed by atoms with van der Waals surface area (Å²) in [4.78, 5) is 14.7. The summed E-state index contributed by atoms with van der Waals surface area (Å²) in [6.07, 6.45) is 7.87. The molecule has 1 aliphatic heterocycles. The van der Waals surface area contributed by atoms with E-state index in [1.165, 1.54) is 49.9 Å². The van der Waals surface area contributed by atoms with Crippen molar-refractivity contribution in [2.75, 3.05) is 26.2 Å². The summed E-state index contributed by atoms with van der Waals surface area (Å²) in [7, 11) is 0. The number of hydrogen-bond donors (Lipinski definition) is 1. The molecule has 1 aliphatic carbocycles. The maximum atomic E-state index is 12.3. The zero-order valence-electron chi connectivity index (χ0n) is 14.9. The molecule has 0 radical (unpaired) electrons. The smallest absolute Gasteiger partial charge is 0.260 e. The number of nitrogens with zero attached hydrogens (tertiary/aromatic N) is 1. The third-order valence-electron chi connectivity index (χ3n) is 5.17. The minimum atomic E-state index is -0.440. The molecular formula is C20H30N2O2. The lowest BCUT2D eigenvalue weighted by Gasteiger charge is -2.22. The average molecular weight is 330 g/mol. The zero-order valence-corrected chi connectivity index (χ0v) is 14.9. The fraction of sp³-hybridized carbons (Fsp3) is 0.650. The van der Waals surface area contributed by atoms with Gasteiger partial charge in [-0.1, -0.05) is 12.1 Å². The molecule has 1 atom stereocenters. The van der Waals surface area contributed by atoms with Gasteiger partial charge in [0.25, 0.3) is 5.91 Å².